The summed E-state index contributed by atoms with van der Waals surface area (Å²) in [4.78, 5) is 7.18. The zero-order valence-corrected chi connectivity index (χ0v) is 13.0. The van der Waals surface area contributed by atoms with Gasteiger partial charge in [0.1, 0.15) is 5.82 Å². The van der Waals surface area contributed by atoms with E-state index in [0.29, 0.717) is 5.41 Å². The van der Waals surface area contributed by atoms with E-state index in [4.69, 9.17) is 4.98 Å². The molecule has 0 radical (unpaired) electrons. The average molecular weight is 284 g/mol. The molecular weight excluding hydrogens is 260 g/mol. The highest BCUT2D eigenvalue weighted by Crippen LogP contribution is 2.33. The molecule has 2 heterocycles. The zero-order valence-electron chi connectivity index (χ0n) is 13.0. The molecule has 0 spiro atoms. The van der Waals surface area contributed by atoms with Gasteiger partial charge in [0.05, 0.1) is 12.1 Å². The van der Waals surface area contributed by atoms with Crippen LogP contribution >= 0.6 is 0 Å². The SMILES string of the molecule is CC1(C)CCCN(c2nc3ccccc3cc2CO)CC1. The molecule has 1 saturated heterocycles. The third-order valence-electron chi connectivity index (χ3n) is 4.59. The predicted octanol–water partition coefficient (Wildman–Crippen LogP) is 3.74. The Balaban J connectivity index is 1.98. The molecule has 21 heavy (non-hydrogen) atoms. The van der Waals surface area contributed by atoms with Gasteiger partial charge in [-0.2, -0.15) is 0 Å². The molecule has 1 aromatic heterocycles. The molecule has 3 heteroatoms. The number of para-hydroxylation sites is 1. The van der Waals surface area contributed by atoms with Crippen molar-refractivity contribution < 1.29 is 5.11 Å². The number of nitrogens with zero attached hydrogens (tertiary/aromatic N) is 2. The van der Waals surface area contributed by atoms with E-state index in [1.54, 1.807) is 0 Å². The third kappa shape index (κ3) is 3.03. The minimum Gasteiger partial charge on any atom is -0.392 e. The van der Waals surface area contributed by atoms with Gasteiger partial charge < -0.3 is 10.0 Å². The highest BCUT2D eigenvalue weighted by atomic mass is 16.3. The summed E-state index contributed by atoms with van der Waals surface area (Å²) < 4.78 is 0. The molecule has 2 aromatic rings. The molecule has 0 bridgehead atoms. The fourth-order valence-electron chi connectivity index (χ4n) is 3.17. The maximum absolute atomic E-state index is 9.71. The van der Waals surface area contributed by atoms with Crippen molar-refractivity contribution in [2.75, 3.05) is 18.0 Å². The number of pyridine rings is 1. The molecule has 1 fully saturated rings. The van der Waals surface area contributed by atoms with Gasteiger partial charge in [-0.3, -0.25) is 0 Å². The second-order valence-electron chi connectivity index (χ2n) is 6.83. The van der Waals surface area contributed by atoms with Crippen molar-refractivity contribution in [3.05, 3.63) is 35.9 Å². The van der Waals surface area contributed by atoms with Gasteiger partial charge in [0.25, 0.3) is 0 Å². The molecule has 3 nitrogen and oxygen atoms in total. The van der Waals surface area contributed by atoms with Crippen LogP contribution in [0.5, 0.6) is 0 Å². The van der Waals surface area contributed by atoms with Gasteiger partial charge in [-0.15, -0.1) is 0 Å². The molecule has 0 saturated carbocycles. The maximum atomic E-state index is 9.71. The first kappa shape index (κ1) is 14.3. The number of hydrogen-bond acceptors (Lipinski definition) is 3. The molecule has 1 aromatic carbocycles. The predicted molar refractivity (Wildman–Crippen MR) is 87.5 cm³/mol. The topological polar surface area (TPSA) is 36.4 Å². The van der Waals surface area contributed by atoms with Gasteiger partial charge in [0, 0.05) is 24.0 Å². The zero-order chi connectivity index (χ0) is 14.9. The standard InChI is InChI=1S/C18H24N2O/c1-18(2)8-5-10-20(11-9-18)17-15(13-21)12-14-6-3-4-7-16(14)19-17/h3-4,6-7,12,21H,5,8-11,13H2,1-2H3. The monoisotopic (exact) mass is 284 g/mol. The highest BCUT2D eigenvalue weighted by Gasteiger charge is 2.24. The van der Waals surface area contributed by atoms with E-state index in [2.05, 4.69) is 30.9 Å². The van der Waals surface area contributed by atoms with E-state index in [-0.39, 0.29) is 6.61 Å². The maximum Gasteiger partial charge on any atom is 0.134 e. The summed E-state index contributed by atoms with van der Waals surface area (Å²) >= 11 is 0. The number of aliphatic hydroxyl groups excluding tert-OH is 1. The average Bonchev–Trinajstić information content (AvgIpc) is 2.66. The molecule has 112 valence electrons. The van der Waals surface area contributed by atoms with Crippen molar-refractivity contribution in [1.29, 1.82) is 0 Å². The summed E-state index contributed by atoms with van der Waals surface area (Å²) in [6.45, 7) is 6.79. The Hall–Kier alpha value is -1.61. The number of anilines is 1. The van der Waals surface area contributed by atoms with Gasteiger partial charge in [-0.05, 0) is 36.8 Å². The second-order valence-corrected chi connectivity index (χ2v) is 6.83. The Kier molecular flexibility index (Phi) is 3.85. The van der Waals surface area contributed by atoms with Gasteiger partial charge >= 0.3 is 0 Å². The normalized spacial score (nSPS) is 18.7. The number of fused-ring (bicyclic) bond motifs is 1. The smallest absolute Gasteiger partial charge is 0.134 e. The number of aliphatic hydroxyl groups is 1. The first-order valence-electron chi connectivity index (χ1n) is 7.83. The second kappa shape index (κ2) is 5.64. The Morgan fingerprint density at radius 2 is 2.00 bits per heavy atom. The molecule has 1 aliphatic rings. The van der Waals surface area contributed by atoms with Crippen LogP contribution in [0.3, 0.4) is 0 Å². The lowest BCUT2D eigenvalue weighted by Gasteiger charge is -2.26. The summed E-state index contributed by atoms with van der Waals surface area (Å²) in [6.07, 6.45) is 3.62. The van der Waals surface area contributed by atoms with Gasteiger partial charge in [0.15, 0.2) is 0 Å². The van der Waals surface area contributed by atoms with E-state index in [9.17, 15) is 5.11 Å². The third-order valence-corrected chi connectivity index (χ3v) is 4.59. The lowest BCUT2D eigenvalue weighted by molar-refractivity contribution is 0.281. The molecule has 1 aliphatic heterocycles. The van der Waals surface area contributed by atoms with Crippen molar-refractivity contribution in [1.82, 2.24) is 4.98 Å². The number of benzene rings is 1. The van der Waals surface area contributed by atoms with E-state index >= 15 is 0 Å². The Morgan fingerprint density at radius 3 is 2.81 bits per heavy atom. The highest BCUT2D eigenvalue weighted by molar-refractivity contribution is 5.81. The summed E-state index contributed by atoms with van der Waals surface area (Å²) in [7, 11) is 0. The largest absolute Gasteiger partial charge is 0.392 e. The van der Waals surface area contributed by atoms with Crippen LogP contribution in [0.4, 0.5) is 5.82 Å². The van der Waals surface area contributed by atoms with Crippen molar-refractivity contribution in [3.63, 3.8) is 0 Å². The first-order chi connectivity index (χ1) is 10.1. The van der Waals surface area contributed by atoms with Crippen LogP contribution in [-0.2, 0) is 6.61 Å². The van der Waals surface area contributed by atoms with Crippen LogP contribution in [0, 0.1) is 5.41 Å². The van der Waals surface area contributed by atoms with E-state index in [0.717, 1.165) is 35.4 Å². The van der Waals surface area contributed by atoms with Gasteiger partial charge in [-0.1, -0.05) is 32.0 Å². The van der Waals surface area contributed by atoms with Crippen LogP contribution in [0.15, 0.2) is 30.3 Å². The minimum absolute atomic E-state index is 0.0487. The van der Waals surface area contributed by atoms with Crippen LogP contribution in [0.2, 0.25) is 0 Å². The van der Waals surface area contributed by atoms with Crippen LogP contribution < -0.4 is 4.90 Å². The fraction of sp³-hybridized carbons (Fsp3) is 0.500. The van der Waals surface area contributed by atoms with Crippen molar-refractivity contribution in [3.8, 4) is 0 Å². The summed E-state index contributed by atoms with van der Waals surface area (Å²) in [5.74, 6) is 0.967. The molecule has 0 atom stereocenters. The van der Waals surface area contributed by atoms with Crippen LogP contribution in [-0.4, -0.2) is 23.2 Å². The van der Waals surface area contributed by atoms with E-state index < -0.39 is 0 Å². The number of hydrogen-bond donors (Lipinski definition) is 1. The lowest BCUT2D eigenvalue weighted by atomic mass is 9.85. The van der Waals surface area contributed by atoms with Crippen LogP contribution in [0.1, 0.15) is 38.7 Å². The van der Waals surface area contributed by atoms with Gasteiger partial charge in [-0.25, -0.2) is 4.98 Å². The van der Waals surface area contributed by atoms with Crippen molar-refractivity contribution in [2.45, 2.75) is 39.7 Å². The van der Waals surface area contributed by atoms with Crippen molar-refractivity contribution >= 4 is 16.7 Å². The molecule has 1 N–H and O–H groups in total. The molecule has 0 amide bonds. The molecule has 3 rings (SSSR count). The number of rotatable bonds is 2. The van der Waals surface area contributed by atoms with E-state index in [1.807, 2.05) is 18.2 Å². The quantitative estimate of drug-likeness (QED) is 0.912. The first-order valence-corrected chi connectivity index (χ1v) is 7.83. The summed E-state index contributed by atoms with van der Waals surface area (Å²) in [5.41, 5.74) is 2.35. The van der Waals surface area contributed by atoms with Gasteiger partial charge in [0.2, 0.25) is 0 Å². The lowest BCUT2D eigenvalue weighted by Crippen LogP contribution is -2.27. The summed E-state index contributed by atoms with van der Waals surface area (Å²) in [6, 6.07) is 10.2. The van der Waals surface area contributed by atoms with Crippen molar-refractivity contribution in [2.24, 2.45) is 5.41 Å². The molecular formula is C18H24N2O. The molecule has 0 aliphatic carbocycles. The molecule has 0 unspecified atom stereocenters. The minimum atomic E-state index is 0.0487. The summed E-state index contributed by atoms with van der Waals surface area (Å²) in [5, 5.41) is 10.8. The fourth-order valence-corrected chi connectivity index (χ4v) is 3.17. The van der Waals surface area contributed by atoms with E-state index in [1.165, 1.54) is 19.3 Å². The van der Waals surface area contributed by atoms with Crippen LogP contribution in [0.25, 0.3) is 10.9 Å². The number of aromatic nitrogens is 1. The Bertz CT molecular complexity index is 636. The Morgan fingerprint density at radius 1 is 1.19 bits per heavy atom. The Labute approximate surface area is 126 Å².